The van der Waals surface area contributed by atoms with Crippen LogP contribution in [-0.2, 0) is 0 Å². The summed E-state index contributed by atoms with van der Waals surface area (Å²) in [5.41, 5.74) is 0.669. The molecule has 0 bridgehead atoms. The molecule has 1 aliphatic rings. The number of hydrogen-bond donors (Lipinski definition) is 1. The molecule has 1 heteroatoms. The van der Waals surface area contributed by atoms with Crippen LogP contribution >= 0.6 is 0 Å². The van der Waals surface area contributed by atoms with Crippen LogP contribution in [0.1, 0.15) is 34.6 Å². The molecule has 1 atom stereocenters. The highest BCUT2D eigenvalue weighted by Gasteiger charge is 2.66. The van der Waals surface area contributed by atoms with Crippen LogP contribution in [0.3, 0.4) is 0 Å². The smallest absolute Gasteiger partial charge is 0.0550 e. The molecule has 10 heavy (non-hydrogen) atoms. The Hall–Kier alpha value is -0.0400. The predicted octanol–water partition coefficient (Wildman–Crippen LogP) is 2.05. The maximum Gasteiger partial charge on any atom is 0.0550 e. The summed E-state index contributed by atoms with van der Waals surface area (Å²) >= 11 is 0. The standard InChI is InChI=1S/C9H18O/c1-6(10)7-8(2,3)9(7,4)5/h6-7,10H,1-5H3/t6-/m0/s1. The molecule has 1 N–H and O–H groups in total. The second-order valence-electron chi connectivity index (χ2n) is 4.66. The maximum atomic E-state index is 9.36. The van der Waals surface area contributed by atoms with Gasteiger partial charge in [0.2, 0.25) is 0 Å². The molecule has 0 aromatic carbocycles. The Morgan fingerprint density at radius 3 is 1.40 bits per heavy atom. The molecule has 60 valence electrons. The molecule has 1 rings (SSSR count). The Labute approximate surface area is 63.4 Å². The fourth-order valence-corrected chi connectivity index (χ4v) is 2.45. The van der Waals surface area contributed by atoms with Crippen molar-refractivity contribution < 1.29 is 5.11 Å². The van der Waals surface area contributed by atoms with E-state index in [1.165, 1.54) is 0 Å². The Bertz CT molecular complexity index is 131. The molecule has 0 amide bonds. The minimum absolute atomic E-state index is 0.148. The van der Waals surface area contributed by atoms with Crippen LogP contribution in [-0.4, -0.2) is 11.2 Å². The normalized spacial score (nSPS) is 31.8. The minimum Gasteiger partial charge on any atom is -0.393 e. The number of rotatable bonds is 1. The van der Waals surface area contributed by atoms with Crippen molar-refractivity contribution in [3.05, 3.63) is 0 Å². The van der Waals surface area contributed by atoms with Gasteiger partial charge in [0, 0.05) is 0 Å². The van der Waals surface area contributed by atoms with Crippen LogP contribution in [0.2, 0.25) is 0 Å². The third-order valence-electron chi connectivity index (χ3n) is 3.61. The molecule has 0 heterocycles. The van der Waals surface area contributed by atoms with Crippen molar-refractivity contribution in [2.45, 2.75) is 40.7 Å². The molecule has 1 saturated carbocycles. The van der Waals surface area contributed by atoms with E-state index in [-0.39, 0.29) is 6.10 Å². The summed E-state index contributed by atoms with van der Waals surface area (Å²) in [6, 6.07) is 0. The zero-order valence-corrected chi connectivity index (χ0v) is 7.60. The topological polar surface area (TPSA) is 20.2 Å². The van der Waals surface area contributed by atoms with Crippen LogP contribution in [0, 0.1) is 16.7 Å². The summed E-state index contributed by atoms with van der Waals surface area (Å²) in [4.78, 5) is 0. The average molecular weight is 142 g/mol. The Morgan fingerprint density at radius 1 is 1.10 bits per heavy atom. The lowest BCUT2D eigenvalue weighted by Crippen LogP contribution is -2.08. The van der Waals surface area contributed by atoms with Crippen LogP contribution in [0.5, 0.6) is 0 Å². The van der Waals surface area contributed by atoms with E-state index < -0.39 is 0 Å². The summed E-state index contributed by atoms with van der Waals surface area (Å²) < 4.78 is 0. The van der Waals surface area contributed by atoms with Crippen molar-refractivity contribution in [2.24, 2.45) is 16.7 Å². The van der Waals surface area contributed by atoms with E-state index in [9.17, 15) is 5.11 Å². The van der Waals surface area contributed by atoms with Gasteiger partial charge in [0.1, 0.15) is 0 Å². The van der Waals surface area contributed by atoms with Gasteiger partial charge < -0.3 is 5.11 Å². The lowest BCUT2D eigenvalue weighted by molar-refractivity contribution is 0.148. The van der Waals surface area contributed by atoms with Crippen LogP contribution in [0.25, 0.3) is 0 Å². The van der Waals surface area contributed by atoms with E-state index in [4.69, 9.17) is 0 Å². The summed E-state index contributed by atoms with van der Waals surface area (Å²) in [6.07, 6.45) is -0.148. The molecular formula is C9H18O. The molecule has 0 saturated heterocycles. The monoisotopic (exact) mass is 142 g/mol. The largest absolute Gasteiger partial charge is 0.393 e. The summed E-state index contributed by atoms with van der Waals surface area (Å²) in [7, 11) is 0. The molecule has 0 aliphatic heterocycles. The van der Waals surface area contributed by atoms with E-state index >= 15 is 0 Å². The van der Waals surface area contributed by atoms with Gasteiger partial charge in [0.05, 0.1) is 6.10 Å². The predicted molar refractivity (Wildman–Crippen MR) is 42.7 cm³/mol. The van der Waals surface area contributed by atoms with Crippen molar-refractivity contribution in [3.63, 3.8) is 0 Å². The van der Waals surface area contributed by atoms with Crippen LogP contribution in [0.4, 0.5) is 0 Å². The highest BCUT2D eigenvalue weighted by atomic mass is 16.3. The molecule has 0 spiro atoms. The van der Waals surface area contributed by atoms with Crippen molar-refractivity contribution >= 4 is 0 Å². The van der Waals surface area contributed by atoms with Crippen molar-refractivity contribution in [3.8, 4) is 0 Å². The van der Waals surface area contributed by atoms with E-state index in [2.05, 4.69) is 27.7 Å². The summed E-state index contributed by atoms with van der Waals surface area (Å²) in [5.74, 6) is 0.486. The van der Waals surface area contributed by atoms with Crippen LogP contribution < -0.4 is 0 Å². The fourth-order valence-electron chi connectivity index (χ4n) is 2.45. The Morgan fingerprint density at radius 2 is 1.40 bits per heavy atom. The second kappa shape index (κ2) is 1.76. The molecule has 0 radical (unpaired) electrons. The third kappa shape index (κ3) is 0.731. The van der Waals surface area contributed by atoms with Gasteiger partial charge in [0.25, 0.3) is 0 Å². The first-order valence-electron chi connectivity index (χ1n) is 4.00. The molecule has 0 aromatic rings. The van der Waals surface area contributed by atoms with Gasteiger partial charge >= 0.3 is 0 Å². The summed E-state index contributed by atoms with van der Waals surface area (Å²) in [6.45, 7) is 10.8. The van der Waals surface area contributed by atoms with Gasteiger partial charge in [0.15, 0.2) is 0 Å². The molecule has 1 fully saturated rings. The van der Waals surface area contributed by atoms with Gasteiger partial charge in [-0.25, -0.2) is 0 Å². The molecule has 0 aromatic heterocycles. The lowest BCUT2D eigenvalue weighted by atomic mass is 10.0. The van der Waals surface area contributed by atoms with E-state index in [1.807, 2.05) is 6.92 Å². The first kappa shape index (κ1) is 8.06. The highest BCUT2D eigenvalue weighted by molar-refractivity contribution is 5.13. The highest BCUT2D eigenvalue weighted by Crippen LogP contribution is 2.69. The van der Waals surface area contributed by atoms with Crippen LogP contribution in [0.15, 0.2) is 0 Å². The zero-order chi connectivity index (χ0) is 8.15. The van der Waals surface area contributed by atoms with Gasteiger partial charge in [-0.1, -0.05) is 27.7 Å². The number of aliphatic hydroxyl groups excluding tert-OH is 1. The van der Waals surface area contributed by atoms with Gasteiger partial charge in [-0.05, 0) is 23.7 Å². The Balaban J connectivity index is 2.72. The van der Waals surface area contributed by atoms with Gasteiger partial charge in [-0.15, -0.1) is 0 Å². The molecule has 0 unspecified atom stereocenters. The quantitative estimate of drug-likeness (QED) is 0.594. The lowest BCUT2D eigenvalue weighted by Gasteiger charge is -2.03. The van der Waals surface area contributed by atoms with E-state index in [1.54, 1.807) is 0 Å². The molecule has 1 aliphatic carbocycles. The zero-order valence-electron chi connectivity index (χ0n) is 7.60. The SMILES string of the molecule is C[C@H](O)C1C(C)(C)C1(C)C. The van der Waals surface area contributed by atoms with E-state index in [0.29, 0.717) is 16.7 Å². The Kier molecular flexibility index (Phi) is 1.42. The summed E-state index contributed by atoms with van der Waals surface area (Å²) in [5, 5.41) is 9.36. The van der Waals surface area contributed by atoms with Crippen molar-refractivity contribution in [1.82, 2.24) is 0 Å². The molecular weight excluding hydrogens is 124 g/mol. The second-order valence-corrected chi connectivity index (χ2v) is 4.66. The number of hydrogen-bond acceptors (Lipinski definition) is 1. The average Bonchev–Trinajstić information content (AvgIpc) is 1.97. The third-order valence-corrected chi connectivity index (χ3v) is 3.61. The van der Waals surface area contributed by atoms with Gasteiger partial charge in [-0.3, -0.25) is 0 Å². The van der Waals surface area contributed by atoms with Crippen molar-refractivity contribution in [1.29, 1.82) is 0 Å². The first-order chi connectivity index (χ1) is 4.32. The fraction of sp³-hybridized carbons (Fsp3) is 1.00. The maximum absolute atomic E-state index is 9.36. The van der Waals surface area contributed by atoms with Crippen molar-refractivity contribution in [2.75, 3.05) is 0 Å². The van der Waals surface area contributed by atoms with Gasteiger partial charge in [-0.2, -0.15) is 0 Å². The van der Waals surface area contributed by atoms with E-state index in [0.717, 1.165) is 0 Å². The number of aliphatic hydroxyl groups is 1. The molecule has 1 nitrogen and oxygen atoms in total. The minimum atomic E-state index is -0.148. The first-order valence-corrected chi connectivity index (χ1v) is 4.00.